The number of benzene rings is 2. The maximum absolute atomic E-state index is 14.2. The molecule has 2 nitrogen and oxygen atoms in total. The second kappa shape index (κ2) is 7.52. The first-order valence-electron chi connectivity index (χ1n) is 9.76. The standard InChI is InChI=1S/C24H25Cl2FO2/c1-6-13-7-8-14(15-9-10-17(25)20(27)19(15)26)11-16(13)18-21(28)23(2,3)12-24(4,5)22(18)29/h7-11,18H,6,12H2,1-5H3. The highest BCUT2D eigenvalue weighted by atomic mass is 35.5. The van der Waals surface area contributed by atoms with Crippen LogP contribution in [0.2, 0.25) is 10.0 Å². The first-order chi connectivity index (χ1) is 13.4. The summed E-state index contributed by atoms with van der Waals surface area (Å²) in [7, 11) is 0. The van der Waals surface area contributed by atoms with Crippen LogP contribution in [0.4, 0.5) is 4.39 Å². The fraction of sp³-hybridized carbons (Fsp3) is 0.417. The average Bonchev–Trinajstić information content (AvgIpc) is 2.64. The summed E-state index contributed by atoms with van der Waals surface area (Å²) in [6.07, 6.45) is 1.19. The van der Waals surface area contributed by atoms with Crippen molar-refractivity contribution in [1.29, 1.82) is 0 Å². The topological polar surface area (TPSA) is 34.1 Å². The molecule has 1 aliphatic carbocycles. The second-order valence-electron chi connectivity index (χ2n) is 9.10. The fourth-order valence-corrected chi connectivity index (χ4v) is 5.04. The summed E-state index contributed by atoms with van der Waals surface area (Å²) >= 11 is 12.0. The van der Waals surface area contributed by atoms with Crippen LogP contribution in [0.5, 0.6) is 0 Å². The van der Waals surface area contributed by atoms with E-state index in [0.29, 0.717) is 29.5 Å². The molecule has 0 radical (unpaired) electrons. The molecule has 154 valence electrons. The van der Waals surface area contributed by atoms with Crippen LogP contribution in [0.3, 0.4) is 0 Å². The smallest absolute Gasteiger partial charge is 0.160 e. The summed E-state index contributed by atoms with van der Waals surface area (Å²) in [5.74, 6) is -1.65. The van der Waals surface area contributed by atoms with Crippen LogP contribution in [-0.4, -0.2) is 11.6 Å². The summed E-state index contributed by atoms with van der Waals surface area (Å²) in [6, 6.07) is 8.64. The van der Waals surface area contributed by atoms with E-state index in [-0.39, 0.29) is 21.6 Å². The van der Waals surface area contributed by atoms with Gasteiger partial charge in [0.1, 0.15) is 5.92 Å². The van der Waals surface area contributed by atoms with Gasteiger partial charge in [-0.05, 0) is 41.7 Å². The molecular weight excluding hydrogens is 410 g/mol. The van der Waals surface area contributed by atoms with Gasteiger partial charge in [0.15, 0.2) is 17.4 Å². The van der Waals surface area contributed by atoms with Crippen LogP contribution >= 0.6 is 23.2 Å². The molecule has 0 unspecified atom stereocenters. The van der Waals surface area contributed by atoms with Crippen molar-refractivity contribution in [3.63, 3.8) is 0 Å². The first kappa shape index (κ1) is 22.0. The molecule has 0 spiro atoms. The number of Topliss-reactive ketones (excluding diaryl/α,β-unsaturated/α-hetero) is 2. The van der Waals surface area contributed by atoms with Crippen molar-refractivity contribution in [2.75, 3.05) is 0 Å². The molecule has 2 aromatic carbocycles. The molecule has 5 heteroatoms. The van der Waals surface area contributed by atoms with Gasteiger partial charge in [-0.3, -0.25) is 9.59 Å². The Bertz CT molecular complexity index is 982. The molecule has 0 bridgehead atoms. The van der Waals surface area contributed by atoms with E-state index in [1.807, 2.05) is 52.8 Å². The summed E-state index contributed by atoms with van der Waals surface area (Å²) < 4.78 is 14.2. The van der Waals surface area contributed by atoms with Crippen molar-refractivity contribution >= 4 is 34.8 Å². The minimum Gasteiger partial charge on any atom is -0.298 e. The largest absolute Gasteiger partial charge is 0.298 e. The Balaban J connectivity index is 2.22. The highest BCUT2D eigenvalue weighted by Crippen LogP contribution is 2.48. The number of carbonyl (C=O) groups is 2. The Morgan fingerprint density at radius 1 is 1.00 bits per heavy atom. The third-order valence-corrected chi connectivity index (χ3v) is 6.59. The normalized spacial score (nSPS) is 18.9. The number of ketones is 2. The maximum Gasteiger partial charge on any atom is 0.160 e. The Morgan fingerprint density at radius 2 is 1.59 bits per heavy atom. The van der Waals surface area contributed by atoms with Gasteiger partial charge in [-0.15, -0.1) is 0 Å². The summed E-state index contributed by atoms with van der Waals surface area (Å²) in [6.45, 7) is 9.59. The molecule has 0 amide bonds. The van der Waals surface area contributed by atoms with Crippen LogP contribution in [0, 0.1) is 16.6 Å². The fourth-order valence-electron chi connectivity index (χ4n) is 4.56. The molecular formula is C24H25Cl2FO2. The highest BCUT2D eigenvalue weighted by molar-refractivity contribution is 6.36. The number of hydrogen-bond acceptors (Lipinski definition) is 2. The Kier molecular flexibility index (Phi) is 5.70. The number of halogens is 3. The van der Waals surface area contributed by atoms with Crippen molar-refractivity contribution in [2.45, 2.75) is 53.4 Å². The van der Waals surface area contributed by atoms with E-state index in [0.717, 1.165) is 5.56 Å². The SMILES string of the molecule is CCc1ccc(-c2ccc(Cl)c(F)c2Cl)cc1C1C(=O)C(C)(C)CC(C)(C)C1=O. The lowest BCUT2D eigenvalue weighted by atomic mass is 9.58. The van der Waals surface area contributed by atoms with Crippen molar-refractivity contribution in [3.05, 3.63) is 57.3 Å². The molecule has 1 fully saturated rings. The van der Waals surface area contributed by atoms with E-state index in [9.17, 15) is 14.0 Å². The van der Waals surface area contributed by atoms with E-state index >= 15 is 0 Å². The number of aryl methyl sites for hydroxylation is 1. The molecule has 0 aromatic heterocycles. The molecule has 0 aliphatic heterocycles. The molecule has 2 aromatic rings. The Hall–Kier alpha value is -1.71. The minimum atomic E-state index is -0.834. The molecule has 3 rings (SSSR count). The zero-order valence-corrected chi connectivity index (χ0v) is 18.8. The van der Waals surface area contributed by atoms with Crippen molar-refractivity contribution in [1.82, 2.24) is 0 Å². The lowest BCUT2D eigenvalue weighted by Gasteiger charge is -2.42. The summed E-state index contributed by atoms with van der Waals surface area (Å²) in [5, 5.41) is -0.125. The summed E-state index contributed by atoms with van der Waals surface area (Å²) in [5.41, 5.74) is 1.54. The van der Waals surface area contributed by atoms with Gasteiger partial charge < -0.3 is 0 Å². The van der Waals surface area contributed by atoms with Gasteiger partial charge in [-0.2, -0.15) is 0 Å². The van der Waals surface area contributed by atoms with E-state index in [1.165, 1.54) is 6.07 Å². The van der Waals surface area contributed by atoms with Crippen LogP contribution in [-0.2, 0) is 16.0 Å². The molecule has 0 atom stereocenters. The minimum absolute atomic E-state index is 0.0507. The van der Waals surface area contributed by atoms with Crippen molar-refractivity contribution in [3.8, 4) is 11.1 Å². The van der Waals surface area contributed by atoms with E-state index in [1.54, 1.807) is 6.07 Å². The Labute approximate surface area is 181 Å². The quantitative estimate of drug-likeness (QED) is 0.383. The predicted molar refractivity (Wildman–Crippen MR) is 116 cm³/mol. The van der Waals surface area contributed by atoms with Crippen LogP contribution < -0.4 is 0 Å². The number of hydrogen-bond donors (Lipinski definition) is 0. The maximum atomic E-state index is 14.2. The van der Waals surface area contributed by atoms with Gasteiger partial charge in [-0.1, -0.05) is 76.0 Å². The van der Waals surface area contributed by atoms with E-state index < -0.39 is 22.6 Å². The van der Waals surface area contributed by atoms with Gasteiger partial charge >= 0.3 is 0 Å². The predicted octanol–water partition coefficient (Wildman–Crippen LogP) is 7.04. The van der Waals surface area contributed by atoms with Gasteiger partial charge in [-0.25, -0.2) is 4.39 Å². The lowest BCUT2D eigenvalue weighted by molar-refractivity contribution is -0.146. The summed E-state index contributed by atoms with van der Waals surface area (Å²) in [4.78, 5) is 26.6. The Morgan fingerprint density at radius 3 is 2.14 bits per heavy atom. The van der Waals surface area contributed by atoms with Crippen molar-refractivity contribution in [2.24, 2.45) is 10.8 Å². The van der Waals surface area contributed by atoms with Gasteiger partial charge in [0, 0.05) is 16.4 Å². The third kappa shape index (κ3) is 3.75. The van der Waals surface area contributed by atoms with Crippen molar-refractivity contribution < 1.29 is 14.0 Å². The van der Waals surface area contributed by atoms with Crippen LogP contribution in [0.15, 0.2) is 30.3 Å². The zero-order chi connectivity index (χ0) is 21.7. The number of carbonyl (C=O) groups excluding carboxylic acids is 2. The van der Waals surface area contributed by atoms with Gasteiger partial charge in [0.2, 0.25) is 0 Å². The zero-order valence-electron chi connectivity index (χ0n) is 17.3. The average molecular weight is 435 g/mol. The van der Waals surface area contributed by atoms with Gasteiger partial charge in [0.25, 0.3) is 0 Å². The number of rotatable bonds is 3. The van der Waals surface area contributed by atoms with Crippen LogP contribution in [0.25, 0.3) is 11.1 Å². The van der Waals surface area contributed by atoms with Crippen LogP contribution in [0.1, 0.15) is 58.1 Å². The molecule has 29 heavy (non-hydrogen) atoms. The first-order valence-corrected chi connectivity index (χ1v) is 10.5. The van der Waals surface area contributed by atoms with Gasteiger partial charge in [0.05, 0.1) is 10.0 Å². The molecule has 1 aliphatic rings. The van der Waals surface area contributed by atoms with E-state index in [4.69, 9.17) is 23.2 Å². The van der Waals surface area contributed by atoms with E-state index in [2.05, 4.69) is 0 Å². The highest BCUT2D eigenvalue weighted by Gasteiger charge is 2.52. The monoisotopic (exact) mass is 434 g/mol. The second-order valence-corrected chi connectivity index (χ2v) is 9.88. The third-order valence-electron chi connectivity index (χ3n) is 5.93. The molecule has 1 saturated carbocycles. The lowest BCUT2D eigenvalue weighted by Crippen LogP contribution is -2.48. The molecule has 0 N–H and O–H groups in total. The molecule has 0 heterocycles. The molecule has 0 saturated heterocycles.